The third kappa shape index (κ3) is 3.92. The van der Waals surface area contributed by atoms with Gasteiger partial charge in [-0.2, -0.15) is 0 Å². The minimum absolute atomic E-state index is 0.00145. The van der Waals surface area contributed by atoms with Crippen molar-refractivity contribution in [1.29, 1.82) is 0 Å². The van der Waals surface area contributed by atoms with E-state index in [4.69, 9.17) is 4.74 Å². The molecule has 0 radical (unpaired) electrons. The summed E-state index contributed by atoms with van der Waals surface area (Å²) in [5.41, 5.74) is 1.29. The van der Waals surface area contributed by atoms with Crippen LogP contribution in [0.15, 0.2) is 48.5 Å². The van der Waals surface area contributed by atoms with Crippen LogP contribution in [0.25, 0.3) is 0 Å². The maximum Gasteiger partial charge on any atom is 0.325 e. The number of fused-ring (bicyclic) bond motifs is 2. The van der Waals surface area contributed by atoms with E-state index in [1.54, 1.807) is 24.3 Å². The third-order valence-corrected chi connectivity index (χ3v) is 6.68. The molecule has 3 aliphatic rings. The predicted molar refractivity (Wildman–Crippen MR) is 123 cm³/mol. The highest BCUT2D eigenvalue weighted by Gasteiger charge is 2.55. The molecule has 2 atom stereocenters. The van der Waals surface area contributed by atoms with Crippen LogP contribution in [0.3, 0.4) is 0 Å². The summed E-state index contributed by atoms with van der Waals surface area (Å²) in [5.74, 6) is -1.32. The Kier molecular flexibility index (Phi) is 5.79. The molecule has 2 heterocycles. The Bertz CT molecular complexity index is 1160. The molecular formula is C25H26N4O5. The van der Waals surface area contributed by atoms with Gasteiger partial charge in [0, 0.05) is 13.2 Å². The highest BCUT2D eigenvalue weighted by molar-refractivity contribution is 6.11. The van der Waals surface area contributed by atoms with Crippen molar-refractivity contribution in [3.8, 4) is 0 Å². The van der Waals surface area contributed by atoms with Crippen molar-refractivity contribution < 1.29 is 23.9 Å². The fourth-order valence-electron chi connectivity index (χ4n) is 4.96. The summed E-state index contributed by atoms with van der Waals surface area (Å²) in [6, 6.07) is 13.5. The number of aryl methyl sites for hydroxylation is 1. The molecule has 9 nitrogen and oxygen atoms in total. The van der Waals surface area contributed by atoms with Crippen LogP contribution in [-0.4, -0.2) is 54.5 Å². The van der Waals surface area contributed by atoms with E-state index >= 15 is 0 Å². The van der Waals surface area contributed by atoms with Gasteiger partial charge >= 0.3 is 6.03 Å². The smallest absolute Gasteiger partial charge is 0.325 e. The van der Waals surface area contributed by atoms with E-state index in [-0.39, 0.29) is 12.0 Å². The molecule has 2 aliphatic heterocycles. The summed E-state index contributed by atoms with van der Waals surface area (Å²) in [6.07, 6.45) is 3.01. The van der Waals surface area contributed by atoms with Crippen LogP contribution >= 0.6 is 0 Å². The Morgan fingerprint density at radius 1 is 1.12 bits per heavy atom. The normalized spacial score (nSPS) is 23.2. The van der Waals surface area contributed by atoms with Crippen molar-refractivity contribution in [3.05, 3.63) is 65.2 Å². The monoisotopic (exact) mass is 462 g/mol. The molecule has 176 valence electrons. The van der Waals surface area contributed by atoms with Crippen LogP contribution in [0.5, 0.6) is 0 Å². The van der Waals surface area contributed by atoms with Crippen LogP contribution in [-0.2, 0) is 26.3 Å². The molecule has 3 N–H and O–H groups in total. The van der Waals surface area contributed by atoms with Crippen LogP contribution < -0.4 is 16.0 Å². The Balaban J connectivity index is 1.26. The van der Waals surface area contributed by atoms with Crippen molar-refractivity contribution in [1.82, 2.24) is 15.5 Å². The highest BCUT2D eigenvalue weighted by Crippen LogP contribution is 2.41. The number of rotatable bonds is 6. The summed E-state index contributed by atoms with van der Waals surface area (Å²) >= 11 is 0. The lowest BCUT2D eigenvalue weighted by Gasteiger charge is -2.22. The number of carbonyl (C=O) groups excluding carboxylic acids is 4. The molecule has 34 heavy (non-hydrogen) atoms. The van der Waals surface area contributed by atoms with E-state index in [0.29, 0.717) is 37.2 Å². The van der Waals surface area contributed by atoms with E-state index in [2.05, 4.69) is 16.0 Å². The molecule has 2 fully saturated rings. The average Bonchev–Trinajstić information content (AvgIpc) is 3.55. The predicted octanol–water partition coefficient (Wildman–Crippen LogP) is 1.93. The van der Waals surface area contributed by atoms with Crippen LogP contribution in [0, 0.1) is 0 Å². The van der Waals surface area contributed by atoms with Gasteiger partial charge in [-0.15, -0.1) is 0 Å². The Morgan fingerprint density at radius 3 is 2.74 bits per heavy atom. The SMILES string of the molecule is O=C(CN1C(=O)NC2(CCc3ccccc32)C1=O)Nc1ccccc1C(=O)NCC1CCCO1. The summed E-state index contributed by atoms with van der Waals surface area (Å²) in [6.45, 7) is 0.649. The second kappa shape index (κ2) is 8.90. The first-order valence-corrected chi connectivity index (χ1v) is 11.5. The number of anilines is 1. The molecule has 0 aromatic heterocycles. The van der Waals surface area contributed by atoms with Crippen LogP contribution in [0.2, 0.25) is 0 Å². The van der Waals surface area contributed by atoms with E-state index < -0.39 is 29.9 Å². The zero-order valence-electron chi connectivity index (χ0n) is 18.6. The molecule has 9 heteroatoms. The Labute approximate surface area is 196 Å². The average molecular weight is 463 g/mol. The molecule has 0 bridgehead atoms. The van der Waals surface area contributed by atoms with E-state index in [9.17, 15) is 19.2 Å². The van der Waals surface area contributed by atoms with Gasteiger partial charge in [0.2, 0.25) is 5.91 Å². The van der Waals surface area contributed by atoms with Crippen molar-refractivity contribution in [2.24, 2.45) is 0 Å². The van der Waals surface area contributed by atoms with Gasteiger partial charge in [0.15, 0.2) is 0 Å². The number of para-hydroxylation sites is 1. The quantitative estimate of drug-likeness (QED) is 0.567. The van der Waals surface area contributed by atoms with Crippen molar-refractivity contribution >= 4 is 29.4 Å². The van der Waals surface area contributed by atoms with Crippen LogP contribution in [0.4, 0.5) is 10.5 Å². The summed E-state index contributed by atoms with van der Waals surface area (Å²) in [5, 5.41) is 8.33. The van der Waals surface area contributed by atoms with Gasteiger partial charge in [0.05, 0.1) is 17.4 Å². The maximum absolute atomic E-state index is 13.3. The molecule has 2 aromatic carbocycles. The van der Waals surface area contributed by atoms with Gasteiger partial charge in [0.25, 0.3) is 11.8 Å². The van der Waals surface area contributed by atoms with E-state index in [1.807, 2.05) is 24.3 Å². The number of hydrogen-bond donors (Lipinski definition) is 3. The number of urea groups is 1. The number of ether oxygens (including phenoxy) is 1. The third-order valence-electron chi connectivity index (χ3n) is 6.68. The molecule has 2 unspecified atom stereocenters. The molecule has 1 spiro atoms. The lowest BCUT2D eigenvalue weighted by atomic mass is 9.92. The molecular weight excluding hydrogens is 436 g/mol. The Hall–Kier alpha value is -3.72. The number of benzene rings is 2. The van der Waals surface area contributed by atoms with Gasteiger partial charge in [-0.1, -0.05) is 36.4 Å². The standard InChI is InChI=1S/C25H26N4O5/c30-21(27-20-10-4-2-8-18(20)22(31)26-14-17-7-5-13-34-17)15-29-23(32)25(28-24(29)33)12-11-16-6-1-3-9-19(16)25/h1-4,6,8-10,17H,5,7,11-15H2,(H,26,31)(H,27,30)(H,28,33). The number of imide groups is 1. The van der Waals surface area contributed by atoms with E-state index in [0.717, 1.165) is 28.9 Å². The highest BCUT2D eigenvalue weighted by atomic mass is 16.5. The minimum atomic E-state index is -1.12. The van der Waals surface area contributed by atoms with Gasteiger partial charge in [-0.25, -0.2) is 4.79 Å². The minimum Gasteiger partial charge on any atom is -0.376 e. The first-order valence-electron chi connectivity index (χ1n) is 11.5. The van der Waals surface area contributed by atoms with Crippen molar-refractivity contribution in [2.45, 2.75) is 37.3 Å². The summed E-state index contributed by atoms with van der Waals surface area (Å²) in [4.78, 5) is 52.4. The molecule has 1 aliphatic carbocycles. The number of nitrogens with zero attached hydrogens (tertiary/aromatic N) is 1. The van der Waals surface area contributed by atoms with Crippen molar-refractivity contribution in [3.63, 3.8) is 0 Å². The largest absolute Gasteiger partial charge is 0.376 e. The fourth-order valence-corrected chi connectivity index (χ4v) is 4.96. The van der Waals surface area contributed by atoms with Crippen molar-refractivity contribution in [2.75, 3.05) is 25.0 Å². The topological polar surface area (TPSA) is 117 Å². The molecule has 5 amide bonds. The molecule has 5 rings (SSSR count). The first kappa shape index (κ1) is 22.1. The van der Waals surface area contributed by atoms with Crippen LogP contribution in [0.1, 0.15) is 40.7 Å². The summed E-state index contributed by atoms with van der Waals surface area (Å²) in [7, 11) is 0. The number of amides is 5. The lowest BCUT2D eigenvalue weighted by Crippen LogP contribution is -2.43. The molecule has 2 saturated heterocycles. The second-order valence-corrected chi connectivity index (χ2v) is 8.82. The number of carbonyl (C=O) groups is 4. The second-order valence-electron chi connectivity index (χ2n) is 8.82. The molecule has 0 saturated carbocycles. The maximum atomic E-state index is 13.3. The number of hydrogen-bond acceptors (Lipinski definition) is 5. The first-order chi connectivity index (χ1) is 16.5. The zero-order valence-corrected chi connectivity index (χ0v) is 18.6. The molecule has 2 aromatic rings. The van der Waals surface area contributed by atoms with Gasteiger partial charge < -0.3 is 20.7 Å². The zero-order chi connectivity index (χ0) is 23.7. The van der Waals surface area contributed by atoms with Gasteiger partial charge in [-0.3, -0.25) is 19.3 Å². The van der Waals surface area contributed by atoms with Gasteiger partial charge in [0.1, 0.15) is 12.1 Å². The van der Waals surface area contributed by atoms with E-state index in [1.165, 1.54) is 0 Å². The number of nitrogens with one attached hydrogen (secondary N) is 3. The lowest BCUT2D eigenvalue weighted by molar-refractivity contribution is -0.134. The van der Waals surface area contributed by atoms with Gasteiger partial charge in [-0.05, 0) is 48.9 Å². The fraction of sp³-hybridized carbons (Fsp3) is 0.360. The summed E-state index contributed by atoms with van der Waals surface area (Å²) < 4.78 is 5.53. The Morgan fingerprint density at radius 2 is 1.91 bits per heavy atom.